The number of methoxy groups -OCH3 is 1. The Morgan fingerprint density at radius 3 is 2.24 bits per heavy atom. The zero-order chi connectivity index (χ0) is 15.2. The number of rotatable bonds is 6. The summed E-state index contributed by atoms with van der Waals surface area (Å²) in [5.74, 6) is 0.937. The highest BCUT2D eigenvalue weighted by molar-refractivity contribution is 5.41. The molecule has 0 aliphatic carbocycles. The summed E-state index contributed by atoms with van der Waals surface area (Å²) in [4.78, 5) is 0. The van der Waals surface area contributed by atoms with E-state index in [-0.39, 0.29) is 6.04 Å². The van der Waals surface area contributed by atoms with Crippen molar-refractivity contribution in [2.24, 2.45) is 0 Å². The lowest BCUT2D eigenvalue weighted by Crippen LogP contribution is -2.17. The van der Waals surface area contributed by atoms with Gasteiger partial charge in [-0.2, -0.15) is 0 Å². The molecule has 0 saturated heterocycles. The quantitative estimate of drug-likeness (QED) is 0.855. The van der Waals surface area contributed by atoms with E-state index < -0.39 is 0 Å². The van der Waals surface area contributed by atoms with Crippen molar-refractivity contribution < 1.29 is 4.74 Å². The van der Waals surface area contributed by atoms with Crippen LogP contribution in [0.25, 0.3) is 0 Å². The first-order valence-electron chi connectivity index (χ1n) is 7.60. The molecule has 1 atom stereocenters. The van der Waals surface area contributed by atoms with E-state index in [0.717, 1.165) is 17.7 Å². The maximum Gasteiger partial charge on any atom is 0.121 e. The number of hydrogen-bond donors (Lipinski definition) is 1. The van der Waals surface area contributed by atoms with E-state index in [1.807, 2.05) is 13.1 Å². The predicted molar refractivity (Wildman–Crippen MR) is 89.1 cm³/mol. The van der Waals surface area contributed by atoms with Crippen LogP contribution in [-0.4, -0.2) is 14.2 Å². The SMILES string of the molecule is CCCc1ccc(C(NC)c2ccc(OC)c(C)c2)cc1. The lowest BCUT2D eigenvalue weighted by molar-refractivity contribution is 0.411. The van der Waals surface area contributed by atoms with Crippen LogP contribution in [0.5, 0.6) is 5.75 Å². The number of nitrogens with one attached hydrogen (secondary N) is 1. The smallest absolute Gasteiger partial charge is 0.121 e. The fourth-order valence-electron chi connectivity index (χ4n) is 2.77. The van der Waals surface area contributed by atoms with Gasteiger partial charge in [-0.25, -0.2) is 0 Å². The zero-order valence-electron chi connectivity index (χ0n) is 13.4. The van der Waals surface area contributed by atoms with Gasteiger partial charge in [-0.1, -0.05) is 49.7 Å². The zero-order valence-corrected chi connectivity index (χ0v) is 13.4. The minimum absolute atomic E-state index is 0.213. The summed E-state index contributed by atoms with van der Waals surface area (Å²) in [6.45, 7) is 4.30. The Labute approximate surface area is 128 Å². The number of hydrogen-bond acceptors (Lipinski definition) is 2. The molecule has 0 saturated carbocycles. The first-order valence-corrected chi connectivity index (χ1v) is 7.60. The van der Waals surface area contributed by atoms with Gasteiger partial charge in [-0.05, 0) is 48.7 Å². The first-order chi connectivity index (χ1) is 10.2. The molecule has 0 amide bonds. The summed E-state index contributed by atoms with van der Waals surface area (Å²) in [7, 11) is 3.72. The van der Waals surface area contributed by atoms with E-state index >= 15 is 0 Å². The highest BCUT2D eigenvalue weighted by Gasteiger charge is 2.13. The summed E-state index contributed by atoms with van der Waals surface area (Å²) >= 11 is 0. The Morgan fingerprint density at radius 1 is 1.05 bits per heavy atom. The van der Waals surface area contributed by atoms with Crippen LogP contribution in [0.2, 0.25) is 0 Å². The molecule has 2 aromatic rings. The summed E-state index contributed by atoms with van der Waals surface area (Å²) in [5.41, 5.74) is 5.13. The van der Waals surface area contributed by atoms with Crippen LogP contribution >= 0.6 is 0 Å². The van der Waals surface area contributed by atoms with Gasteiger partial charge in [0.1, 0.15) is 5.75 Å². The molecule has 0 aliphatic rings. The van der Waals surface area contributed by atoms with Crippen molar-refractivity contribution in [3.63, 3.8) is 0 Å². The molecule has 0 aliphatic heterocycles. The largest absolute Gasteiger partial charge is 0.496 e. The molecule has 0 spiro atoms. The molecule has 21 heavy (non-hydrogen) atoms. The molecular formula is C19H25NO. The summed E-state index contributed by atoms with van der Waals surface area (Å²) in [6.07, 6.45) is 2.33. The minimum Gasteiger partial charge on any atom is -0.496 e. The molecule has 0 fully saturated rings. The number of ether oxygens (including phenoxy) is 1. The van der Waals surface area contributed by atoms with Crippen LogP contribution in [0.3, 0.4) is 0 Å². The van der Waals surface area contributed by atoms with Gasteiger partial charge in [0.15, 0.2) is 0 Å². The third kappa shape index (κ3) is 3.64. The second kappa shape index (κ2) is 7.28. The van der Waals surface area contributed by atoms with Crippen molar-refractivity contribution in [1.82, 2.24) is 5.32 Å². The maximum atomic E-state index is 5.34. The topological polar surface area (TPSA) is 21.3 Å². The van der Waals surface area contributed by atoms with Crippen molar-refractivity contribution in [1.29, 1.82) is 0 Å². The molecule has 1 N–H and O–H groups in total. The molecule has 2 heteroatoms. The molecule has 2 aromatic carbocycles. The van der Waals surface area contributed by atoms with E-state index in [0.29, 0.717) is 0 Å². The van der Waals surface area contributed by atoms with Gasteiger partial charge in [0, 0.05) is 0 Å². The molecule has 0 heterocycles. The van der Waals surface area contributed by atoms with Crippen molar-refractivity contribution in [3.05, 3.63) is 64.7 Å². The normalized spacial score (nSPS) is 12.2. The van der Waals surface area contributed by atoms with Crippen molar-refractivity contribution >= 4 is 0 Å². The van der Waals surface area contributed by atoms with E-state index in [1.54, 1.807) is 7.11 Å². The van der Waals surface area contributed by atoms with Gasteiger partial charge in [0.25, 0.3) is 0 Å². The van der Waals surface area contributed by atoms with Crippen molar-refractivity contribution in [2.45, 2.75) is 32.7 Å². The standard InChI is InChI=1S/C19H25NO/c1-5-6-15-7-9-16(10-8-15)19(20-3)17-11-12-18(21-4)14(2)13-17/h7-13,19-20H,5-6H2,1-4H3. The number of benzene rings is 2. The van der Waals surface area contributed by atoms with E-state index in [2.05, 4.69) is 55.6 Å². The molecule has 0 aromatic heterocycles. The summed E-state index contributed by atoms with van der Waals surface area (Å²) in [5, 5.41) is 3.41. The Kier molecular flexibility index (Phi) is 5.40. The van der Waals surface area contributed by atoms with Gasteiger partial charge < -0.3 is 10.1 Å². The summed E-state index contributed by atoms with van der Waals surface area (Å²) in [6, 6.07) is 15.5. The average Bonchev–Trinajstić information content (AvgIpc) is 2.50. The molecule has 1 unspecified atom stereocenters. The Bertz CT molecular complexity index is 575. The van der Waals surface area contributed by atoms with Crippen molar-refractivity contribution in [3.8, 4) is 5.75 Å². The monoisotopic (exact) mass is 283 g/mol. The fourth-order valence-corrected chi connectivity index (χ4v) is 2.77. The van der Waals surface area contributed by atoms with Gasteiger partial charge in [-0.15, -0.1) is 0 Å². The Balaban J connectivity index is 2.28. The first kappa shape index (κ1) is 15.6. The van der Waals surface area contributed by atoms with Gasteiger partial charge in [0.05, 0.1) is 13.2 Å². The third-order valence-corrected chi connectivity index (χ3v) is 3.89. The second-order valence-corrected chi connectivity index (χ2v) is 5.44. The lowest BCUT2D eigenvalue weighted by Gasteiger charge is -2.19. The van der Waals surface area contributed by atoms with Crippen LogP contribution in [0.15, 0.2) is 42.5 Å². The van der Waals surface area contributed by atoms with E-state index in [1.165, 1.54) is 23.1 Å². The molecule has 2 nitrogen and oxygen atoms in total. The molecule has 112 valence electrons. The highest BCUT2D eigenvalue weighted by atomic mass is 16.5. The van der Waals surface area contributed by atoms with Crippen molar-refractivity contribution in [2.75, 3.05) is 14.2 Å². The third-order valence-electron chi connectivity index (χ3n) is 3.89. The van der Waals surface area contributed by atoms with Crippen LogP contribution < -0.4 is 10.1 Å². The Morgan fingerprint density at radius 2 is 1.71 bits per heavy atom. The van der Waals surface area contributed by atoms with Crippen LogP contribution in [0.1, 0.15) is 41.6 Å². The van der Waals surface area contributed by atoms with Gasteiger partial charge >= 0.3 is 0 Å². The van der Waals surface area contributed by atoms with Crippen LogP contribution in [0.4, 0.5) is 0 Å². The van der Waals surface area contributed by atoms with Gasteiger partial charge in [0.2, 0.25) is 0 Å². The Hall–Kier alpha value is -1.80. The van der Waals surface area contributed by atoms with Crippen LogP contribution in [-0.2, 0) is 6.42 Å². The molecule has 0 bridgehead atoms. The lowest BCUT2D eigenvalue weighted by atomic mass is 9.96. The fraction of sp³-hybridized carbons (Fsp3) is 0.368. The van der Waals surface area contributed by atoms with E-state index in [9.17, 15) is 0 Å². The number of aryl methyl sites for hydroxylation is 2. The average molecular weight is 283 g/mol. The minimum atomic E-state index is 0.213. The molecular weight excluding hydrogens is 258 g/mol. The highest BCUT2D eigenvalue weighted by Crippen LogP contribution is 2.27. The maximum absolute atomic E-state index is 5.34. The van der Waals surface area contributed by atoms with Crippen LogP contribution in [0, 0.1) is 6.92 Å². The molecule has 2 rings (SSSR count). The van der Waals surface area contributed by atoms with Gasteiger partial charge in [-0.3, -0.25) is 0 Å². The molecule has 0 radical (unpaired) electrons. The summed E-state index contributed by atoms with van der Waals surface area (Å²) < 4.78 is 5.34. The predicted octanol–water partition coefficient (Wildman–Crippen LogP) is 4.26. The second-order valence-electron chi connectivity index (χ2n) is 5.44. The van der Waals surface area contributed by atoms with E-state index in [4.69, 9.17) is 4.74 Å².